The number of halogens is 1. The summed E-state index contributed by atoms with van der Waals surface area (Å²) in [6.07, 6.45) is 3.53. The number of aryl methyl sites for hydroxylation is 1. The topological polar surface area (TPSA) is 35.0 Å². The Hall–Kier alpha value is -0.190. The second-order valence-corrected chi connectivity index (χ2v) is 4.96. The smallest absolute Gasteiger partial charge is 0.146 e. The molecule has 2 rings (SSSR count). The Balaban J connectivity index is 2.02. The molecule has 0 aromatic carbocycles. The van der Waals surface area contributed by atoms with Crippen molar-refractivity contribution in [3.8, 4) is 0 Å². The van der Waals surface area contributed by atoms with Crippen molar-refractivity contribution in [3.63, 3.8) is 0 Å². The number of nitrogens with zero attached hydrogens (tertiary/aromatic N) is 2. The molecule has 0 aliphatic carbocycles. The minimum absolute atomic E-state index is 0.173. The van der Waals surface area contributed by atoms with Crippen LogP contribution < -0.4 is 0 Å². The molecule has 1 fully saturated rings. The summed E-state index contributed by atoms with van der Waals surface area (Å²) in [5.74, 6) is 0.608. The van der Waals surface area contributed by atoms with Crippen molar-refractivity contribution >= 4 is 22.9 Å². The molecule has 0 spiro atoms. The first kappa shape index (κ1) is 10.3. The van der Waals surface area contributed by atoms with Gasteiger partial charge in [-0.3, -0.25) is 0 Å². The van der Waals surface area contributed by atoms with Gasteiger partial charge in [-0.15, -0.1) is 21.8 Å². The first-order valence-corrected chi connectivity index (χ1v) is 6.18. The van der Waals surface area contributed by atoms with Crippen LogP contribution >= 0.6 is 22.9 Å². The van der Waals surface area contributed by atoms with E-state index in [4.69, 9.17) is 16.3 Å². The van der Waals surface area contributed by atoms with Gasteiger partial charge >= 0.3 is 0 Å². The van der Waals surface area contributed by atoms with Crippen molar-refractivity contribution in [2.75, 3.05) is 5.88 Å². The summed E-state index contributed by atoms with van der Waals surface area (Å²) in [7, 11) is 0. The molecule has 3 nitrogen and oxygen atoms in total. The van der Waals surface area contributed by atoms with Gasteiger partial charge in [-0.1, -0.05) is 11.3 Å². The van der Waals surface area contributed by atoms with Crippen LogP contribution in [0.5, 0.6) is 0 Å². The molecule has 0 N–H and O–H groups in total. The van der Waals surface area contributed by atoms with Crippen LogP contribution in [0.15, 0.2) is 0 Å². The van der Waals surface area contributed by atoms with E-state index in [9.17, 15) is 0 Å². The predicted octanol–water partition coefficient (Wildman–Crippen LogP) is 2.56. The van der Waals surface area contributed by atoms with E-state index in [1.54, 1.807) is 11.3 Å². The quantitative estimate of drug-likeness (QED) is 0.752. The zero-order valence-corrected chi connectivity index (χ0v) is 9.64. The van der Waals surface area contributed by atoms with Crippen molar-refractivity contribution in [2.45, 2.75) is 38.4 Å². The van der Waals surface area contributed by atoms with Crippen LogP contribution in [0.2, 0.25) is 0 Å². The van der Waals surface area contributed by atoms with E-state index in [-0.39, 0.29) is 6.10 Å². The van der Waals surface area contributed by atoms with Crippen molar-refractivity contribution < 1.29 is 4.74 Å². The molecule has 0 saturated carbocycles. The van der Waals surface area contributed by atoms with E-state index in [1.807, 2.05) is 0 Å². The summed E-state index contributed by atoms with van der Waals surface area (Å²) < 4.78 is 5.71. The van der Waals surface area contributed by atoms with Gasteiger partial charge in [-0.25, -0.2) is 0 Å². The molecule has 2 heterocycles. The highest BCUT2D eigenvalue weighted by molar-refractivity contribution is 7.11. The SMILES string of the molecule is CC1CCC(c2nnc(CCCl)s2)O1. The number of alkyl halides is 1. The average Bonchev–Trinajstić information content (AvgIpc) is 2.74. The van der Waals surface area contributed by atoms with Crippen molar-refractivity contribution in [1.29, 1.82) is 0 Å². The van der Waals surface area contributed by atoms with Crippen LogP contribution in [0.3, 0.4) is 0 Å². The number of ether oxygens (including phenoxy) is 1. The molecule has 2 atom stereocenters. The molecule has 2 unspecified atom stereocenters. The maximum atomic E-state index is 5.71. The number of rotatable bonds is 3. The highest BCUT2D eigenvalue weighted by Gasteiger charge is 2.26. The second-order valence-electron chi connectivity index (χ2n) is 3.49. The van der Waals surface area contributed by atoms with Gasteiger partial charge < -0.3 is 4.74 Å². The van der Waals surface area contributed by atoms with Crippen molar-refractivity contribution in [3.05, 3.63) is 10.0 Å². The Kier molecular flexibility index (Phi) is 3.36. The van der Waals surface area contributed by atoms with Gasteiger partial charge in [0.15, 0.2) is 0 Å². The summed E-state index contributed by atoms with van der Waals surface area (Å²) in [5.41, 5.74) is 0. The average molecular weight is 233 g/mol. The molecule has 1 aliphatic heterocycles. The van der Waals surface area contributed by atoms with Gasteiger partial charge in [0.1, 0.15) is 16.1 Å². The third kappa shape index (κ3) is 2.24. The molecule has 14 heavy (non-hydrogen) atoms. The zero-order valence-electron chi connectivity index (χ0n) is 8.07. The van der Waals surface area contributed by atoms with Crippen molar-refractivity contribution in [1.82, 2.24) is 10.2 Å². The predicted molar refractivity (Wildman–Crippen MR) is 56.9 cm³/mol. The second kappa shape index (κ2) is 4.55. The lowest BCUT2D eigenvalue weighted by Gasteiger charge is -2.05. The molecule has 0 radical (unpaired) electrons. The molecule has 0 bridgehead atoms. The fourth-order valence-electron chi connectivity index (χ4n) is 1.56. The minimum atomic E-state index is 0.173. The van der Waals surface area contributed by atoms with E-state index >= 15 is 0 Å². The van der Waals surface area contributed by atoms with Crippen LogP contribution in [-0.4, -0.2) is 22.2 Å². The molecule has 1 saturated heterocycles. The molecule has 1 aliphatic rings. The number of hydrogen-bond acceptors (Lipinski definition) is 4. The molecule has 1 aromatic rings. The van der Waals surface area contributed by atoms with Crippen LogP contribution in [0.25, 0.3) is 0 Å². The van der Waals surface area contributed by atoms with E-state index in [1.165, 1.54) is 0 Å². The summed E-state index contributed by atoms with van der Waals surface area (Å²) in [4.78, 5) is 0. The fraction of sp³-hybridized carbons (Fsp3) is 0.778. The van der Waals surface area contributed by atoms with Crippen molar-refractivity contribution in [2.24, 2.45) is 0 Å². The molecular formula is C9H13ClN2OS. The lowest BCUT2D eigenvalue weighted by Crippen LogP contribution is -2.00. The normalized spacial score (nSPS) is 27.0. The summed E-state index contributed by atoms with van der Waals surface area (Å²) in [5, 5.41) is 10.2. The standard InChI is InChI=1S/C9H13ClN2OS/c1-6-2-3-7(13-6)9-12-11-8(14-9)4-5-10/h6-7H,2-5H2,1H3. The largest absolute Gasteiger partial charge is 0.368 e. The van der Waals surface area contributed by atoms with E-state index < -0.39 is 0 Å². The third-order valence-corrected chi connectivity index (χ3v) is 3.56. The van der Waals surface area contributed by atoms with Crippen LogP contribution in [0.1, 0.15) is 35.9 Å². The van der Waals surface area contributed by atoms with Gasteiger partial charge in [-0.2, -0.15) is 0 Å². The Morgan fingerprint density at radius 3 is 3.00 bits per heavy atom. The third-order valence-electron chi connectivity index (χ3n) is 2.30. The number of hydrogen-bond donors (Lipinski definition) is 0. The molecular weight excluding hydrogens is 220 g/mol. The van der Waals surface area contributed by atoms with Crippen LogP contribution in [0, 0.1) is 0 Å². The Morgan fingerprint density at radius 1 is 1.50 bits per heavy atom. The van der Waals surface area contributed by atoms with Gasteiger partial charge in [0.25, 0.3) is 0 Å². The highest BCUT2D eigenvalue weighted by atomic mass is 35.5. The summed E-state index contributed by atoms with van der Waals surface area (Å²) >= 11 is 7.26. The van der Waals surface area contributed by atoms with E-state index in [2.05, 4.69) is 17.1 Å². The summed E-state index contributed by atoms with van der Waals surface area (Å²) in [6.45, 7) is 2.10. The molecule has 0 amide bonds. The fourth-order valence-corrected chi connectivity index (χ4v) is 2.77. The Morgan fingerprint density at radius 2 is 2.36 bits per heavy atom. The summed E-state index contributed by atoms with van der Waals surface area (Å²) in [6, 6.07) is 0. The van der Waals surface area contributed by atoms with Gasteiger partial charge in [0.05, 0.1) is 6.10 Å². The Bertz CT molecular complexity index is 305. The molecule has 1 aromatic heterocycles. The van der Waals surface area contributed by atoms with E-state index in [0.717, 1.165) is 29.3 Å². The Labute approximate surface area is 92.4 Å². The zero-order chi connectivity index (χ0) is 9.97. The highest BCUT2D eigenvalue weighted by Crippen LogP contribution is 2.33. The monoisotopic (exact) mass is 232 g/mol. The first-order chi connectivity index (χ1) is 6.79. The molecule has 78 valence electrons. The number of aromatic nitrogens is 2. The van der Waals surface area contributed by atoms with Crippen LogP contribution in [0.4, 0.5) is 0 Å². The molecule has 5 heteroatoms. The lowest BCUT2D eigenvalue weighted by atomic mass is 10.2. The first-order valence-electron chi connectivity index (χ1n) is 4.83. The lowest BCUT2D eigenvalue weighted by molar-refractivity contribution is 0.0550. The van der Waals surface area contributed by atoms with Gasteiger partial charge in [-0.05, 0) is 19.8 Å². The van der Waals surface area contributed by atoms with Gasteiger partial charge in [0.2, 0.25) is 0 Å². The maximum Gasteiger partial charge on any atom is 0.146 e. The van der Waals surface area contributed by atoms with Crippen LogP contribution in [-0.2, 0) is 11.2 Å². The van der Waals surface area contributed by atoms with Gasteiger partial charge in [0, 0.05) is 12.3 Å². The maximum absolute atomic E-state index is 5.71. The van der Waals surface area contributed by atoms with E-state index in [0.29, 0.717) is 12.0 Å². The minimum Gasteiger partial charge on any atom is -0.368 e.